The molecule has 1 spiro atoms. The summed E-state index contributed by atoms with van der Waals surface area (Å²) in [6, 6.07) is 6.32. The fraction of sp³-hybridized carbons (Fsp3) is 0.450. The van der Waals surface area contributed by atoms with Gasteiger partial charge in [0.1, 0.15) is 17.2 Å². The summed E-state index contributed by atoms with van der Waals surface area (Å²) < 4.78 is 1.07. The first-order valence-corrected chi connectivity index (χ1v) is 10.1. The molecule has 0 unspecified atom stereocenters. The zero-order valence-corrected chi connectivity index (χ0v) is 16.1. The van der Waals surface area contributed by atoms with Crippen LogP contribution in [0, 0.1) is 5.92 Å². The third-order valence-corrected chi connectivity index (χ3v) is 6.48. The predicted molar refractivity (Wildman–Crippen MR) is 103 cm³/mol. The van der Waals surface area contributed by atoms with Gasteiger partial charge < -0.3 is 11.1 Å². The van der Waals surface area contributed by atoms with Crippen molar-refractivity contribution in [1.82, 2.24) is 15.3 Å². The van der Waals surface area contributed by atoms with Crippen molar-refractivity contribution in [2.24, 2.45) is 5.92 Å². The smallest absolute Gasteiger partial charge is 0.257 e. The number of nitrogens with two attached hydrogens (primary N) is 1. The Balaban J connectivity index is 1.53. The highest BCUT2D eigenvalue weighted by molar-refractivity contribution is 9.10. The molecule has 5 nitrogen and oxygen atoms in total. The number of aromatic nitrogens is 2. The lowest BCUT2D eigenvalue weighted by atomic mass is 9.82. The number of carbonyl (C=O) groups is 1. The number of aryl methyl sites for hydroxylation is 2. The third kappa shape index (κ3) is 2.62. The first-order valence-electron chi connectivity index (χ1n) is 9.31. The van der Waals surface area contributed by atoms with Crippen LogP contribution < -0.4 is 11.1 Å². The summed E-state index contributed by atoms with van der Waals surface area (Å²) in [5.74, 6) is 1.79. The Bertz CT molecular complexity index is 924. The number of carbonyl (C=O) groups excluding carboxylic acids is 1. The maximum Gasteiger partial charge on any atom is 0.257 e. The average molecular weight is 413 g/mol. The lowest BCUT2D eigenvalue weighted by Crippen LogP contribution is -2.50. The lowest BCUT2D eigenvalue weighted by molar-refractivity contribution is 0.0874. The minimum atomic E-state index is -0.366. The van der Waals surface area contributed by atoms with Crippen LogP contribution in [0.5, 0.6) is 0 Å². The number of halogens is 1. The number of fused-ring (bicyclic) bond motifs is 3. The fourth-order valence-electron chi connectivity index (χ4n) is 4.45. The van der Waals surface area contributed by atoms with Gasteiger partial charge in [-0.25, -0.2) is 9.97 Å². The van der Waals surface area contributed by atoms with Crippen molar-refractivity contribution in [3.8, 4) is 0 Å². The van der Waals surface area contributed by atoms with Crippen molar-refractivity contribution in [2.75, 3.05) is 5.73 Å². The van der Waals surface area contributed by atoms with Gasteiger partial charge in [0.05, 0.1) is 11.2 Å². The minimum absolute atomic E-state index is 0.145. The van der Waals surface area contributed by atoms with Crippen molar-refractivity contribution in [1.29, 1.82) is 0 Å². The number of hydrogen-bond donors (Lipinski definition) is 2. The molecule has 2 aliphatic carbocycles. The summed E-state index contributed by atoms with van der Waals surface area (Å²) in [6.45, 7) is 0. The Morgan fingerprint density at radius 2 is 2.15 bits per heavy atom. The molecular weight excluding hydrogens is 392 g/mol. The van der Waals surface area contributed by atoms with E-state index in [1.54, 1.807) is 0 Å². The summed E-state index contributed by atoms with van der Waals surface area (Å²) in [7, 11) is 0. The van der Waals surface area contributed by atoms with Gasteiger partial charge in [-0.2, -0.15) is 0 Å². The average Bonchev–Trinajstić information content (AvgIpc) is 3.36. The highest BCUT2D eigenvalue weighted by Crippen LogP contribution is 2.43. The molecule has 0 bridgehead atoms. The van der Waals surface area contributed by atoms with Crippen LogP contribution in [0.15, 0.2) is 22.7 Å². The molecule has 1 saturated carbocycles. The summed E-state index contributed by atoms with van der Waals surface area (Å²) in [5.41, 5.74) is 9.54. The van der Waals surface area contributed by atoms with Gasteiger partial charge in [0.2, 0.25) is 0 Å². The van der Waals surface area contributed by atoms with Crippen molar-refractivity contribution in [2.45, 2.75) is 50.5 Å². The number of amides is 1. The second-order valence-corrected chi connectivity index (χ2v) is 8.76. The standard InChI is InChI=1S/C20H21BrN4O/c21-13-4-5-14-12(9-13)7-8-20(14)10-15-17(19(26)25-20)18(22)24-16(23-15)6-3-11-1-2-11/h4-5,9,11H,1-3,6-8,10H2,(H,25,26)(H2,22,23,24)/t20-/m0/s1. The van der Waals surface area contributed by atoms with Crippen molar-refractivity contribution in [3.05, 3.63) is 50.9 Å². The van der Waals surface area contributed by atoms with Crippen LogP contribution in [-0.4, -0.2) is 15.9 Å². The molecule has 5 rings (SSSR count). The number of rotatable bonds is 3. The molecular formula is C20H21BrN4O. The van der Waals surface area contributed by atoms with Gasteiger partial charge in [-0.15, -0.1) is 0 Å². The van der Waals surface area contributed by atoms with Crippen molar-refractivity contribution < 1.29 is 4.79 Å². The number of nitrogens with zero attached hydrogens (tertiary/aromatic N) is 2. The first kappa shape index (κ1) is 16.2. The SMILES string of the molecule is Nc1nc(CCC2CC2)nc2c1C(=O)N[C@@]1(CCc3cc(Br)ccc31)C2. The molecule has 1 amide bonds. The Kier molecular flexibility index (Phi) is 3.61. The Hall–Kier alpha value is -1.95. The largest absolute Gasteiger partial charge is 0.383 e. The Morgan fingerprint density at radius 3 is 2.96 bits per heavy atom. The molecule has 134 valence electrons. The molecule has 1 fully saturated rings. The number of nitrogen functional groups attached to an aromatic ring is 1. The van der Waals surface area contributed by atoms with Crippen LogP contribution >= 0.6 is 15.9 Å². The molecule has 0 saturated heterocycles. The van der Waals surface area contributed by atoms with Gasteiger partial charge in [0.15, 0.2) is 0 Å². The Labute approximate surface area is 160 Å². The number of benzene rings is 1. The zero-order valence-electron chi connectivity index (χ0n) is 14.5. The Morgan fingerprint density at radius 1 is 1.31 bits per heavy atom. The molecule has 1 aromatic carbocycles. The van der Waals surface area contributed by atoms with Crippen LogP contribution in [-0.2, 0) is 24.8 Å². The molecule has 3 N–H and O–H groups in total. The van der Waals surface area contributed by atoms with E-state index < -0.39 is 0 Å². The molecule has 26 heavy (non-hydrogen) atoms. The van der Waals surface area contributed by atoms with Gasteiger partial charge in [-0.1, -0.05) is 34.8 Å². The maximum absolute atomic E-state index is 12.9. The van der Waals surface area contributed by atoms with Crippen LogP contribution in [0.1, 0.15) is 58.7 Å². The number of anilines is 1. The summed E-state index contributed by atoms with van der Waals surface area (Å²) >= 11 is 3.54. The van der Waals surface area contributed by atoms with Crippen LogP contribution in [0.25, 0.3) is 0 Å². The molecule has 3 aliphatic rings. The first-order chi connectivity index (χ1) is 12.5. The molecule has 1 aliphatic heterocycles. The van der Waals surface area contributed by atoms with Gasteiger partial charge in [0.25, 0.3) is 5.91 Å². The van der Waals surface area contributed by atoms with Crippen molar-refractivity contribution >= 4 is 27.7 Å². The van der Waals surface area contributed by atoms with Crippen LogP contribution in [0.4, 0.5) is 5.82 Å². The molecule has 1 aromatic heterocycles. The van der Waals surface area contributed by atoms with E-state index in [1.165, 1.54) is 24.0 Å². The van der Waals surface area contributed by atoms with Crippen LogP contribution in [0.2, 0.25) is 0 Å². The highest BCUT2D eigenvalue weighted by Gasteiger charge is 2.45. The van der Waals surface area contributed by atoms with E-state index in [9.17, 15) is 4.79 Å². The van der Waals surface area contributed by atoms with Gasteiger partial charge in [-0.05, 0) is 48.4 Å². The van der Waals surface area contributed by atoms with Crippen molar-refractivity contribution in [3.63, 3.8) is 0 Å². The molecule has 0 radical (unpaired) electrons. The minimum Gasteiger partial charge on any atom is -0.383 e. The molecule has 6 heteroatoms. The lowest BCUT2D eigenvalue weighted by Gasteiger charge is -2.36. The second kappa shape index (κ2) is 5.78. The maximum atomic E-state index is 12.9. The topological polar surface area (TPSA) is 80.9 Å². The van der Waals surface area contributed by atoms with E-state index in [1.807, 2.05) is 6.07 Å². The van der Waals surface area contributed by atoms with E-state index in [-0.39, 0.29) is 11.4 Å². The molecule has 1 atom stereocenters. The summed E-state index contributed by atoms with van der Waals surface area (Å²) in [4.78, 5) is 22.0. The molecule has 2 heterocycles. The van der Waals surface area contributed by atoms with E-state index in [0.717, 1.165) is 47.6 Å². The second-order valence-electron chi connectivity index (χ2n) is 7.84. The van der Waals surface area contributed by atoms with E-state index in [2.05, 4.69) is 38.4 Å². The number of nitrogens with one attached hydrogen (secondary N) is 1. The van der Waals surface area contributed by atoms with Gasteiger partial charge in [-0.3, -0.25) is 4.79 Å². The van der Waals surface area contributed by atoms with E-state index in [0.29, 0.717) is 17.8 Å². The summed E-state index contributed by atoms with van der Waals surface area (Å²) in [5, 5.41) is 3.23. The third-order valence-electron chi connectivity index (χ3n) is 5.98. The summed E-state index contributed by atoms with van der Waals surface area (Å²) in [6.07, 6.45) is 7.14. The zero-order chi connectivity index (χ0) is 17.9. The van der Waals surface area contributed by atoms with E-state index >= 15 is 0 Å². The van der Waals surface area contributed by atoms with E-state index in [4.69, 9.17) is 10.7 Å². The predicted octanol–water partition coefficient (Wildman–Crippen LogP) is 3.29. The monoisotopic (exact) mass is 412 g/mol. The van der Waals surface area contributed by atoms with Gasteiger partial charge in [0, 0.05) is 17.3 Å². The fourth-order valence-corrected chi connectivity index (χ4v) is 4.86. The highest BCUT2D eigenvalue weighted by atomic mass is 79.9. The quantitative estimate of drug-likeness (QED) is 0.809. The van der Waals surface area contributed by atoms with Gasteiger partial charge >= 0.3 is 0 Å². The normalized spacial score (nSPS) is 23.7. The molecule has 2 aromatic rings. The number of hydrogen-bond acceptors (Lipinski definition) is 4. The van der Waals surface area contributed by atoms with Crippen LogP contribution in [0.3, 0.4) is 0 Å².